The van der Waals surface area contributed by atoms with Crippen LogP contribution in [0.3, 0.4) is 0 Å². The highest BCUT2D eigenvalue weighted by Gasteiger charge is 2.10. The first-order valence-corrected chi connectivity index (χ1v) is 8.51. The molecule has 2 aromatic carbocycles. The second kappa shape index (κ2) is 8.36. The normalized spacial score (nSPS) is 11.8. The number of aryl methyl sites for hydroxylation is 1. The van der Waals surface area contributed by atoms with Crippen LogP contribution in [0.25, 0.3) is 5.69 Å². The number of benzene rings is 2. The molecule has 0 saturated heterocycles. The van der Waals surface area contributed by atoms with Crippen LogP contribution < -0.4 is 10.1 Å². The lowest BCUT2D eigenvalue weighted by Crippen LogP contribution is -2.35. The molecule has 0 radical (unpaired) electrons. The highest BCUT2D eigenvalue weighted by molar-refractivity contribution is 5.94. The van der Waals surface area contributed by atoms with Crippen molar-refractivity contribution in [1.29, 1.82) is 0 Å². The molecular formula is C21H22N2O3. The molecule has 26 heavy (non-hydrogen) atoms. The molecule has 1 aromatic heterocycles. The van der Waals surface area contributed by atoms with Gasteiger partial charge in [0.05, 0.1) is 0 Å². The van der Waals surface area contributed by atoms with Gasteiger partial charge in [0.25, 0.3) is 5.91 Å². The predicted molar refractivity (Wildman–Crippen MR) is 101 cm³/mol. The van der Waals surface area contributed by atoms with Gasteiger partial charge in [-0.15, -0.1) is 0 Å². The summed E-state index contributed by atoms with van der Waals surface area (Å²) >= 11 is 0. The molecule has 3 rings (SSSR count). The van der Waals surface area contributed by atoms with Gasteiger partial charge in [-0.3, -0.25) is 4.79 Å². The second-order valence-electron chi connectivity index (χ2n) is 6.08. The number of aliphatic hydroxyl groups is 1. The largest absolute Gasteiger partial charge is 0.491 e. The molecule has 1 unspecified atom stereocenters. The van der Waals surface area contributed by atoms with Gasteiger partial charge in [0.1, 0.15) is 18.5 Å². The summed E-state index contributed by atoms with van der Waals surface area (Å²) in [5.74, 6) is 0.512. The van der Waals surface area contributed by atoms with Crippen molar-refractivity contribution in [3.8, 4) is 11.4 Å². The van der Waals surface area contributed by atoms with E-state index in [-0.39, 0.29) is 19.1 Å². The topological polar surface area (TPSA) is 63.5 Å². The van der Waals surface area contributed by atoms with Gasteiger partial charge in [-0.2, -0.15) is 0 Å². The summed E-state index contributed by atoms with van der Waals surface area (Å²) in [4.78, 5) is 12.2. The predicted octanol–water partition coefficient (Wildman–Crippen LogP) is 2.96. The first-order chi connectivity index (χ1) is 12.6. The van der Waals surface area contributed by atoms with Crippen molar-refractivity contribution in [2.45, 2.75) is 13.0 Å². The molecule has 3 aromatic rings. The fourth-order valence-corrected chi connectivity index (χ4v) is 2.57. The summed E-state index contributed by atoms with van der Waals surface area (Å²) in [6.45, 7) is 2.20. The first-order valence-electron chi connectivity index (χ1n) is 8.51. The number of aromatic nitrogens is 1. The number of carbonyl (C=O) groups excluding carboxylic acids is 1. The van der Waals surface area contributed by atoms with E-state index in [1.54, 1.807) is 12.1 Å². The lowest BCUT2D eigenvalue weighted by Gasteiger charge is -2.14. The van der Waals surface area contributed by atoms with E-state index in [4.69, 9.17) is 4.74 Å². The number of nitrogens with zero attached hydrogens (tertiary/aromatic N) is 1. The zero-order chi connectivity index (χ0) is 18.4. The maximum absolute atomic E-state index is 12.2. The maximum Gasteiger partial charge on any atom is 0.251 e. The summed E-state index contributed by atoms with van der Waals surface area (Å²) in [5.41, 5.74) is 2.54. The van der Waals surface area contributed by atoms with Gasteiger partial charge in [0.2, 0.25) is 0 Å². The molecule has 1 amide bonds. The minimum atomic E-state index is -0.780. The lowest BCUT2D eigenvalue weighted by molar-refractivity contribution is 0.0842. The van der Waals surface area contributed by atoms with Crippen LogP contribution in [-0.2, 0) is 0 Å². The van der Waals surface area contributed by atoms with Gasteiger partial charge >= 0.3 is 0 Å². The van der Waals surface area contributed by atoms with Crippen LogP contribution in [0.5, 0.6) is 5.75 Å². The lowest BCUT2D eigenvalue weighted by atomic mass is 10.2. The number of hydrogen-bond acceptors (Lipinski definition) is 3. The Morgan fingerprint density at radius 2 is 1.77 bits per heavy atom. The number of ether oxygens (including phenoxy) is 1. The Balaban J connectivity index is 1.48. The van der Waals surface area contributed by atoms with Crippen LogP contribution in [0.1, 0.15) is 15.9 Å². The Hall–Kier alpha value is -3.05. The van der Waals surface area contributed by atoms with Gasteiger partial charge in [-0.1, -0.05) is 18.2 Å². The van der Waals surface area contributed by atoms with E-state index in [1.165, 1.54) is 0 Å². The number of aliphatic hydroxyl groups excluding tert-OH is 1. The molecular weight excluding hydrogens is 328 g/mol. The van der Waals surface area contributed by atoms with Gasteiger partial charge in [0, 0.05) is 30.2 Å². The highest BCUT2D eigenvalue weighted by Crippen LogP contribution is 2.16. The van der Waals surface area contributed by atoms with Crippen molar-refractivity contribution in [2.75, 3.05) is 13.2 Å². The average Bonchev–Trinajstić information content (AvgIpc) is 3.20. The third kappa shape index (κ3) is 4.52. The van der Waals surface area contributed by atoms with E-state index in [0.717, 1.165) is 17.0 Å². The van der Waals surface area contributed by atoms with Crippen LogP contribution in [0.2, 0.25) is 0 Å². The number of para-hydroxylation sites is 1. The molecule has 5 nitrogen and oxygen atoms in total. The quantitative estimate of drug-likeness (QED) is 0.689. The number of nitrogens with one attached hydrogen (secondary N) is 1. The fourth-order valence-electron chi connectivity index (χ4n) is 2.57. The molecule has 5 heteroatoms. The van der Waals surface area contributed by atoms with E-state index in [2.05, 4.69) is 5.32 Å². The molecule has 0 fully saturated rings. The third-order valence-electron chi connectivity index (χ3n) is 4.06. The zero-order valence-corrected chi connectivity index (χ0v) is 14.6. The van der Waals surface area contributed by atoms with Crippen molar-refractivity contribution in [3.05, 3.63) is 84.2 Å². The molecule has 0 aliphatic heterocycles. The molecule has 2 N–H and O–H groups in total. The van der Waals surface area contributed by atoms with E-state index in [9.17, 15) is 9.90 Å². The summed E-state index contributed by atoms with van der Waals surface area (Å²) in [5, 5.41) is 12.8. The van der Waals surface area contributed by atoms with Crippen molar-refractivity contribution in [1.82, 2.24) is 9.88 Å². The molecule has 0 bridgehead atoms. The van der Waals surface area contributed by atoms with Crippen LogP contribution in [0, 0.1) is 6.92 Å². The smallest absolute Gasteiger partial charge is 0.251 e. The average molecular weight is 350 g/mol. The van der Waals surface area contributed by atoms with Crippen molar-refractivity contribution >= 4 is 5.91 Å². The summed E-state index contributed by atoms with van der Waals surface area (Å²) in [6, 6.07) is 18.8. The molecule has 0 spiro atoms. The maximum atomic E-state index is 12.2. The van der Waals surface area contributed by atoms with Gasteiger partial charge in [-0.25, -0.2) is 0 Å². The third-order valence-corrected chi connectivity index (χ3v) is 4.06. The van der Waals surface area contributed by atoms with Crippen molar-refractivity contribution in [2.24, 2.45) is 0 Å². The highest BCUT2D eigenvalue weighted by atomic mass is 16.5. The molecule has 0 saturated carbocycles. The van der Waals surface area contributed by atoms with Crippen LogP contribution in [0.15, 0.2) is 73.1 Å². The van der Waals surface area contributed by atoms with E-state index >= 15 is 0 Å². The number of amides is 1. The second-order valence-corrected chi connectivity index (χ2v) is 6.08. The number of hydrogen-bond donors (Lipinski definition) is 2. The van der Waals surface area contributed by atoms with Crippen LogP contribution >= 0.6 is 0 Å². The molecule has 1 atom stereocenters. The van der Waals surface area contributed by atoms with Crippen molar-refractivity contribution < 1.29 is 14.6 Å². The SMILES string of the molecule is Cc1ccccc1OCC(O)CNC(=O)c1ccc(-n2cccc2)cc1. The Morgan fingerprint density at radius 1 is 1.08 bits per heavy atom. The minimum Gasteiger partial charge on any atom is -0.491 e. The van der Waals surface area contributed by atoms with E-state index < -0.39 is 6.10 Å². The summed E-state index contributed by atoms with van der Waals surface area (Å²) < 4.78 is 7.56. The zero-order valence-electron chi connectivity index (χ0n) is 14.6. The Bertz CT molecular complexity index is 842. The van der Waals surface area contributed by atoms with Crippen LogP contribution in [-0.4, -0.2) is 34.8 Å². The summed E-state index contributed by atoms with van der Waals surface area (Å²) in [7, 11) is 0. The summed E-state index contributed by atoms with van der Waals surface area (Å²) in [6.07, 6.45) is 3.11. The Morgan fingerprint density at radius 3 is 2.46 bits per heavy atom. The molecule has 0 aliphatic rings. The minimum absolute atomic E-state index is 0.123. The standard InChI is InChI=1S/C21H22N2O3/c1-16-6-2-3-7-20(16)26-15-19(24)14-22-21(25)17-8-10-18(11-9-17)23-12-4-5-13-23/h2-13,19,24H,14-15H2,1H3,(H,22,25). The van der Waals surface area contributed by atoms with Crippen molar-refractivity contribution in [3.63, 3.8) is 0 Å². The van der Waals surface area contributed by atoms with Crippen LogP contribution in [0.4, 0.5) is 0 Å². The van der Waals surface area contributed by atoms with Gasteiger partial charge in [-0.05, 0) is 55.0 Å². The molecule has 134 valence electrons. The molecule has 1 heterocycles. The van der Waals surface area contributed by atoms with Gasteiger partial charge in [0.15, 0.2) is 0 Å². The number of rotatable bonds is 7. The first kappa shape index (κ1) is 17.8. The Kier molecular flexibility index (Phi) is 5.71. The number of carbonyl (C=O) groups is 1. The Labute approximate surface area is 152 Å². The fraction of sp³-hybridized carbons (Fsp3) is 0.190. The van der Waals surface area contributed by atoms with E-state index in [1.807, 2.05) is 72.4 Å². The molecule has 0 aliphatic carbocycles. The van der Waals surface area contributed by atoms with Gasteiger partial charge < -0.3 is 19.7 Å². The monoisotopic (exact) mass is 350 g/mol. The van der Waals surface area contributed by atoms with E-state index in [0.29, 0.717) is 5.56 Å².